The molecule has 29 heavy (non-hydrogen) atoms. The Balaban J connectivity index is 1.83. The summed E-state index contributed by atoms with van der Waals surface area (Å²) in [6.45, 7) is -0.0516. The minimum absolute atomic E-state index is 0.0516. The van der Waals surface area contributed by atoms with Crippen LogP contribution in [0.3, 0.4) is 0 Å². The quantitative estimate of drug-likeness (QED) is 0.402. The van der Waals surface area contributed by atoms with Crippen molar-refractivity contribution in [3.8, 4) is 11.5 Å². The van der Waals surface area contributed by atoms with Gasteiger partial charge in [0.2, 0.25) is 15.9 Å². The number of aromatic nitrogens is 1. The number of rotatable bonds is 7. The van der Waals surface area contributed by atoms with Crippen molar-refractivity contribution in [2.24, 2.45) is 0 Å². The number of nitrogens with zero attached hydrogens (tertiary/aromatic N) is 3. The van der Waals surface area contributed by atoms with E-state index in [9.17, 15) is 18.5 Å². The fraction of sp³-hybridized carbons (Fsp3) is 0.167. The van der Waals surface area contributed by atoms with Gasteiger partial charge in [-0.05, 0) is 36.4 Å². The van der Waals surface area contributed by atoms with Gasteiger partial charge in [0.1, 0.15) is 12.0 Å². The van der Waals surface area contributed by atoms with Crippen molar-refractivity contribution in [3.63, 3.8) is 0 Å². The van der Waals surface area contributed by atoms with Crippen molar-refractivity contribution in [2.45, 2.75) is 11.4 Å². The number of benzene rings is 2. The second kappa shape index (κ2) is 8.31. The minimum atomic E-state index is -3.97. The molecule has 11 heteroatoms. The van der Waals surface area contributed by atoms with Crippen LogP contribution in [-0.4, -0.2) is 36.7 Å². The van der Waals surface area contributed by atoms with E-state index >= 15 is 0 Å². The first-order valence-electron chi connectivity index (χ1n) is 8.35. The Morgan fingerprint density at radius 1 is 1.24 bits per heavy atom. The fourth-order valence-corrected chi connectivity index (χ4v) is 4.06. The number of anilines is 1. The van der Waals surface area contributed by atoms with Crippen LogP contribution in [0, 0.1) is 10.1 Å². The van der Waals surface area contributed by atoms with Crippen LogP contribution in [0.2, 0.25) is 0 Å². The monoisotopic (exact) mass is 480 g/mol. The third kappa shape index (κ3) is 4.47. The first kappa shape index (κ1) is 21.0. The summed E-state index contributed by atoms with van der Waals surface area (Å²) in [7, 11) is -1.07. The molecule has 3 aromatic rings. The summed E-state index contributed by atoms with van der Waals surface area (Å²) in [6, 6.07) is 11.1. The van der Waals surface area contributed by atoms with Gasteiger partial charge in [-0.2, -0.15) is 4.31 Å². The van der Waals surface area contributed by atoms with E-state index in [1.54, 1.807) is 0 Å². The lowest BCUT2D eigenvalue weighted by atomic mass is 10.2. The van der Waals surface area contributed by atoms with Gasteiger partial charge in [-0.15, -0.1) is 0 Å². The van der Waals surface area contributed by atoms with E-state index in [-0.39, 0.29) is 22.8 Å². The van der Waals surface area contributed by atoms with E-state index in [4.69, 9.17) is 4.42 Å². The van der Waals surface area contributed by atoms with Crippen LogP contribution in [0.1, 0.15) is 5.69 Å². The van der Waals surface area contributed by atoms with Gasteiger partial charge in [0.25, 0.3) is 5.69 Å². The maximum absolute atomic E-state index is 12.8. The SMILES string of the molecule is CNc1ccc(S(=O)(=O)N(C)Cc2coc(-c3ccc(Br)cc3)n2)cc1[N+](=O)[O-]. The predicted octanol–water partition coefficient (Wildman–Crippen LogP) is 3.87. The molecule has 0 atom stereocenters. The van der Waals surface area contributed by atoms with Gasteiger partial charge in [0.15, 0.2) is 0 Å². The molecule has 1 aromatic heterocycles. The van der Waals surface area contributed by atoms with Gasteiger partial charge >= 0.3 is 0 Å². The van der Waals surface area contributed by atoms with E-state index in [1.165, 1.54) is 32.5 Å². The van der Waals surface area contributed by atoms with Gasteiger partial charge in [-0.3, -0.25) is 10.1 Å². The van der Waals surface area contributed by atoms with Crippen LogP contribution in [0.5, 0.6) is 0 Å². The Hall–Kier alpha value is -2.76. The van der Waals surface area contributed by atoms with Crippen molar-refractivity contribution >= 4 is 37.3 Å². The first-order valence-corrected chi connectivity index (χ1v) is 10.6. The maximum Gasteiger partial charge on any atom is 0.293 e. The van der Waals surface area contributed by atoms with Crippen LogP contribution >= 0.6 is 15.9 Å². The fourth-order valence-electron chi connectivity index (χ4n) is 2.63. The molecule has 9 nitrogen and oxygen atoms in total. The number of sulfonamides is 1. The van der Waals surface area contributed by atoms with E-state index in [1.807, 2.05) is 24.3 Å². The summed E-state index contributed by atoms with van der Waals surface area (Å²) < 4.78 is 33.1. The average molecular weight is 481 g/mol. The lowest BCUT2D eigenvalue weighted by Gasteiger charge is -2.16. The van der Waals surface area contributed by atoms with Crippen LogP contribution in [0.4, 0.5) is 11.4 Å². The number of hydrogen-bond donors (Lipinski definition) is 1. The van der Waals surface area contributed by atoms with E-state index in [0.717, 1.165) is 20.4 Å². The molecule has 0 spiro atoms. The van der Waals surface area contributed by atoms with Crippen LogP contribution in [0.25, 0.3) is 11.5 Å². The molecule has 0 unspecified atom stereocenters. The van der Waals surface area contributed by atoms with E-state index in [0.29, 0.717) is 11.6 Å². The minimum Gasteiger partial charge on any atom is -0.444 e. The zero-order chi connectivity index (χ0) is 21.2. The standard InChI is InChI=1S/C18H17BrN4O5S/c1-20-16-8-7-15(9-17(16)23(24)25)29(26,27)22(2)10-14-11-28-18(21-14)12-3-5-13(19)6-4-12/h3-9,11,20H,10H2,1-2H3. The lowest BCUT2D eigenvalue weighted by molar-refractivity contribution is -0.384. The highest BCUT2D eigenvalue weighted by molar-refractivity contribution is 9.10. The second-order valence-electron chi connectivity index (χ2n) is 6.10. The molecule has 152 valence electrons. The van der Waals surface area contributed by atoms with Crippen molar-refractivity contribution in [1.29, 1.82) is 0 Å². The Labute approximate surface area is 175 Å². The molecule has 0 aliphatic heterocycles. The van der Waals surface area contributed by atoms with Crippen LogP contribution < -0.4 is 5.32 Å². The molecule has 0 aliphatic carbocycles. The summed E-state index contributed by atoms with van der Waals surface area (Å²) in [4.78, 5) is 14.7. The molecule has 3 rings (SSSR count). The van der Waals surface area contributed by atoms with E-state index < -0.39 is 14.9 Å². The lowest BCUT2D eigenvalue weighted by Crippen LogP contribution is -2.26. The molecule has 0 saturated heterocycles. The van der Waals surface area contributed by atoms with Gasteiger partial charge in [0, 0.05) is 30.2 Å². The third-order valence-corrected chi connectivity index (χ3v) is 6.50. The Bertz CT molecular complexity index is 1150. The van der Waals surface area contributed by atoms with Gasteiger partial charge in [0.05, 0.1) is 22.1 Å². The molecular formula is C18H17BrN4O5S. The Morgan fingerprint density at radius 2 is 1.93 bits per heavy atom. The summed E-state index contributed by atoms with van der Waals surface area (Å²) in [5.41, 5.74) is 1.08. The number of nitro benzene ring substituents is 1. The Kier molecular flexibility index (Phi) is 6.01. The highest BCUT2D eigenvalue weighted by Crippen LogP contribution is 2.29. The maximum atomic E-state index is 12.8. The van der Waals surface area contributed by atoms with E-state index in [2.05, 4.69) is 26.2 Å². The number of hydrogen-bond acceptors (Lipinski definition) is 7. The van der Waals surface area contributed by atoms with Gasteiger partial charge < -0.3 is 9.73 Å². The number of oxazole rings is 1. The average Bonchev–Trinajstić information content (AvgIpc) is 3.16. The topological polar surface area (TPSA) is 119 Å². The predicted molar refractivity (Wildman–Crippen MR) is 111 cm³/mol. The highest BCUT2D eigenvalue weighted by atomic mass is 79.9. The zero-order valence-corrected chi connectivity index (χ0v) is 17.9. The summed E-state index contributed by atoms with van der Waals surface area (Å²) in [6.07, 6.45) is 1.38. The molecule has 0 fully saturated rings. The van der Waals surface area contributed by atoms with Crippen LogP contribution in [-0.2, 0) is 16.6 Å². The summed E-state index contributed by atoms with van der Waals surface area (Å²) >= 11 is 3.35. The smallest absolute Gasteiger partial charge is 0.293 e. The van der Waals surface area contributed by atoms with Gasteiger partial charge in [-0.1, -0.05) is 15.9 Å². The molecule has 1 N–H and O–H groups in total. The highest BCUT2D eigenvalue weighted by Gasteiger charge is 2.26. The largest absolute Gasteiger partial charge is 0.444 e. The van der Waals surface area contributed by atoms with Gasteiger partial charge in [-0.25, -0.2) is 13.4 Å². The van der Waals surface area contributed by atoms with Crippen molar-refractivity contribution in [2.75, 3.05) is 19.4 Å². The third-order valence-electron chi connectivity index (χ3n) is 4.17. The normalized spacial score (nSPS) is 11.6. The summed E-state index contributed by atoms with van der Waals surface area (Å²) in [5, 5.41) is 13.9. The molecule has 0 bridgehead atoms. The molecule has 1 heterocycles. The van der Waals surface area contributed by atoms with Crippen LogP contribution in [0.15, 0.2) is 62.5 Å². The molecule has 0 radical (unpaired) electrons. The Morgan fingerprint density at radius 3 is 2.55 bits per heavy atom. The van der Waals surface area contributed by atoms with Crippen molar-refractivity contribution in [1.82, 2.24) is 9.29 Å². The number of nitro groups is 1. The number of halogens is 1. The second-order valence-corrected chi connectivity index (χ2v) is 9.06. The summed E-state index contributed by atoms with van der Waals surface area (Å²) in [5.74, 6) is 0.368. The molecule has 0 aliphatic rings. The molecule has 2 aromatic carbocycles. The molecular weight excluding hydrogens is 464 g/mol. The molecule has 0 amide bonds. The number of nitrogens with one attached hydrogen (secondary N) is 1. The zero-order valence-electron chi connectivity index (χ0n) is 15.5. The van der Waals surface area contributed by atoms with Crippen molar-refractivity contribution in [3.05, 3.63) is 69.0 Å². The van der Waals surface area contributed by atoms with Crippen molar-refractivity contribution < 1.29 is 17.8 Å². The first-order chi connectivity index (χ1) is 13.7. The molecule has 0 saturated carbocycles.